The molecule has 2 aromatic rings. The summed E-state index contributed by atoms with van der Waals surface area (Å²) in [6.07, 6.45) is 1.46. The smallest absolute Gasteiger partial charge is 0.126 e. The van der Waals surface area contributed by atoms with Crippen molar-refractivity contribution >= 4 is 11.6 Å². The summed E-state index contributed by atoms with van der Waals surface area (Å²) in [4.78, 5) is 0. The Kier molecular flexibility index (Phi) is 5.05. The molecule has 3 heteroatoms. The Morgan fingerprint density at radius 1 is 1.15 bits per heavy atom. The molecule has 0 heterocycles. The van der Waals surface area contributed by atoms with Crippen LogP contribution in [0.15, 0.2) is 42.5 Å². The van der Waals surface area contributed by atoms with Gasteiger partial charge in [-0.1, -0.05) is 55.3 Å². The van der Waals surface area contributed by atoms with Gasteiger partial charge in [0.05, 0.1) is 7.11 Å². The zero-order chi connectivity index (χ0) is 14.5. The summed E-state index contributed by atoms with van der Waals surface area (Å²) in [5.41, 5.74) is 2.86. The lowest BCUT2D eigenvalue weighted by Crippen LogP contribution is -2.02. The van der Waals surface area contributed by atoms with Crippen LogP contribution in [0.3, 0.4) is 0 Å². The molecular formula is C17H19ClO2. The van der Waals surface area contributed by atoms with Crippen LogP contribution in [0.4, 0.5) is 0 Å². The van der Waals surface area contributed by atoms with E-state index in [4.69, 9.17) is 16.3 Å². The monoisotopic (exact) mass is 290 g/mol. The second-order valence-corrected chi connectivity index (χ2v) is 5.22. The van der Waals surface area contributed by atoms with E-state index in [0.717, 1.165) is 24.0 Å². The molecule has 20 heavy (non-hydrogen) atoms. The molecule has 0 aliphatic heterocycles. The van der Waals surface area contributed by atoms with Crippen LogP contribution < -0.4 is 4.74 Å². The molecule has 0 radical (unpaired) electrons. The number of halogens is 1. The molecule has 1 atom stereocenters. The van der Waals surface area contributed by atoms with Crippen molar-refractivity contribution in [3.8, 4) is 5.75 Å². The second kappa shape index (κ2) is 6.78. The second-order valence-electron chi connectivity index (χ2n) is 4.78. The number of ether oxygens (including phenoxy) is 1. The maximum absolute atomic E-state index is 10.5. The number of aliphatic hydroxyl groups excluding tert-OH is 1. The van der Waals surface area contributed by atoms with Gasteiger partial charge in [0.1, 0.15) is 11.9 Å². The van der Waals surface area contributed by atoms with Gasteiger partial charge in [-0.15, -0.1) is 0 Å². The summed E-state index contributed by atoms with van der Waals surface area (Å²) in [5, 5.41) is 11.1. The first-order valence-electron chi connectivity index (χ1n) is 6.76. The molecule has 0 saturated carbocycles. The van der Waals surface area contributed by atoms with Crippen molar-refractivity contribution in [2.45, 2.75) is 25.9 Å². The minimum absolute atomic E-state index is 0.594. The summed E-state index contributed by atoms with van der Waals surface area (Å²) in [7, 11) is 1.58. The maximum atomic E-state index is 10.5. The van der Waals surface area contributed by atoms with E-state index in [2.05, 4.69) is 19.1 Å². The fourth-order valence-electron chi connectivity index (χ4n) is 2.25. The largest absolute Gasteiger partial charge is 0.496 e. The van der Waals surface area contributed by atoms with Gasteiger partial charge in [-0.2, -0.15) is 0 Å². The van der Waals surface area contributed by atoms with Crippen LogP contribution in [0, 0.1) is 0 Å². The molecule has 1 N–H and O–H groups in total. The van der Waals surface area contributed by atoms with Crippen molar-refractivity contribution in [3.63, 3.8) is 0 Å². The third-order valence-electron chi connectivity index (χ3n) is 3.32. The molecule has 0 amide bonds. The Labute approximate surface area is 125 Å². The standard InChI is InChI=1S/C17H19ClO2/c1-3-4-12-5-7-13(8-6-12)17(19)15-10-9-14(18)11-16(15)20-2/h5-11,17,19H,3-4H2,1-2H3. The van der Waals surface area contributed by atoms with Crippen molar-refractivity contribution in [2.75, 3.05) is 7.11 Å². The number of hydrogen-bond donors (Lipinski definition) is 1. The molecule has 2 rings (SSSR count). The zero-order valence-electron chi connectivity index (χ0n) is 11.8. The average Bonchev–Trinajstić information content (AvgIpc) is 2.47. The summed E-state index contributed by atoms with van der Waals surface area (Å²) < 4.78 is 5.29. The van der Waals surface area contributed by atoms with Gasteiger partial charge < -0.3 is 9.84 Å². The average molecular weight is 291 g/mol. The molecule has 0 saturated heterocycles. The zero-order valence-corrected chi connectivity index (χ0v) is 12.5. The molecule has 0 aliphatic carbocycles. The first-order valence-corrected chi connectivity index (χ1v) is 7.13. The summed E-state index contributed by atoms with van der Waals surface area (Å²) in [5.74, 6) is 0.600. The highest BCUT2D eigenvalue weighted by atomic mass is 35.5. The summed E-state index contributed by atoms with van der Waals surface area (Å²) in [6.45, 7) is 2.15. The van der Waals surface area contributed by atoms with Gasteiger partial charge in [0.2, 0.25) is 0 Å². The van der Waals surface area contributed by atoms with E-state index in [1.807, 2.05) is 12.1 Å². The predicted molar refractivity (Wildman–Crippen MR) is 82.5 cm³/mol. The molecule has 2 aromatic carbocycles. The minimum atomic E-state index is -0.710. The molecule has 0 fully saturated rings. The quantitative estimate of drug-likeness (QED) is 0.885. The number of benzene rings is 2. The lowest BCUT2D eigenvalue weighted by molar-refractivity contribution is 0.214. The maximum Gasteiger partial charge on any atom is 0.126 e. The molecule has 0 spiro atoms. The highest BCUT2D eigenvalue weighted by Crippen LogP contribution is 2.32. The normalized spacial score (nSPS) is 12.2. The predicted octanol–water partition coefficient (Wildman–Crippen LogP) is 4.38. The first kappa shape index (κ1) is 14.9. The van der Waals surface area contributed by atoms with Crippen LogP contribution >= 0.6 is 11.6 Å². The first-order chi connectivity index (χ1) is 9.65. The van der Waals surface area contributed by atoms with E-state index in [1.165, 1.54) is 5.56 Å². The fourth-order valence-corrected chi connectivity index (χ4v) is 2.41. The molecule has 106 valence electrons. The molecule has 1 unspecified atom stereocenters. The number of hydrogen-bond acceptors (Lipinski definition) is 2. The van der Waals surface area contributed by atoms with E-state index in [0.29, 0.717) is 10.8 Å². The molecule has 0 aromatic heterocycles. The van der Waals surface area contributed by atoms with E-state index in [-0.39, 0.29) is 0 Å². The highest BCUT2D eigenvalue weighted by Gasteiger charge is 2.15. The van der Waals surface area contributed by atoms with Crippen molar-refractivity contribution in [2.24, 2.45) is 0 Å². The number of rotatable bonds is 5. The Morgan fingerprint density at radius 3 is 2.45 bits per heavy atom. The Morgan fingerprint density at radius 2 is 1.85 bits per heavy atom. The number of aryl methyl sites for hydroxylation is 1. The Balaban J connectivity index is 2.28. The van der Waals surface area contributed by atoms with Crippen LogP contribution in [0.25, 0.3) is 0 Å². The van der Waals surface area contributed by atoms with Crippen LogP contribution in [-0.4, -0.2) is 12.2 Å². The van der Waals surface area contributed by atoms with Crippen molar-refractivity contribution in [1.29, 1.82) is 0 Å². The molecule has 2 nitrogen and oxygen atoms in total. The van der Waals surface area contributed by atoms with E-state index in [9.17, 15) is 5.11 Å². The van der Waals surface area contributed by atoms with Crippen molar-refractivity contribution in [3.05, 3.63) is 64.2 Å². The van der Waals surface area contributed by atoms with Crippen molar-refractivity contribution < 1.29 is 9.84 Å². The van der Waals surface area contributed by atoms with Crippen molar-refractivity contribution in [1.82, 2.24) is 0 Å². The summed E-state index contributed by atoms with van der Waals surface area (Å²) >= 11 is 5.94. The van der Waals surface area contributed by atoms with Gasteiger partial charge in [0, 0.05) is 10.6 Å². The Bertz CT molecular complexity index is 564. The van der Waals surface area contributed by atoms with Gasteiger partial charge in [-0.05, 0) is 29.7 Å². The SMILES string of the molecule is CCCc1ccc(C(O)c2ccc(Cl)cc2OC)cc1. The van der Waals surface area contributed by atoms with E-state index < -0.39 is 6.10 Å². The topological polar surface area (TPSA) is 29.5 Å². The van der Waals surface area contributed by atoms with Gasteiger partial charge >= 0.3 is 0 Å². The van der Waals surface area contributed by atoms with Gasteiger partial charge in [0.15, 0.2) is 0 Å². The van der Waals surface area contributed by atoms with Gasteiger partial charge in [-0.3, -0.25) is 0 Å². The number of methoxy groups -OCH3 is 1. The lowest BCUT2D eigenvalue weighted by Gasteiger charge is -2.16. The molecule has 0 aliphatic rings. The van der Waals surface area contributed by atoms with Gasteiger partial charge in [0.25, 0.3) is 0 Å². The fraction of sp³-hybridized carbons (Fsp3) is 0.294. The summed E-state index contributed by atoms with van der Waals surface area (Å²) in [6, 6.07) is 13.3. The van der Waals surface area contributed by atoms with E-state index >= 15 is 0 Å². The lowest BCUT2D eigenvalue weighted by atomic mass is 9.98. The van der Waals surface area contributed by atoms with Crippen LogP contribution in [0.1, 0.15) is 36.1 Å². The molecular weight excluding hydrogens is 272 g/mol. The van der Waals surface area contributed by atoms with E-state index in [1.54, 1.807) is 25.3 Å². The number of aliphatic hydroxyl groups is 1. The van der Waals surface area contributed by atoms with Crippen LogP contribution in [0.5, 0.6) is 5.75 Å². The molecule has 0 bridgehead atoms. The van der Waals surface area contributed by atoms with Crippen LogP contribution in [0.2, 0.25) is 5.02 Å². The van der Waals surface area contributed by atoms with Gasteiger partial charge in [-0.25, -0.2) is 0 Å². The third kappa shape index (κ3) is 3.33. The Hall–Kier alpha value is -1.51. The highest BCUT2D eigenvalue weighted by molar-refractivity contribution is 6.30. The third-order valence-corrected chi connectivity index (χ3v) is 3.56. The minimum Gasteiger partial charge on any atom is -0.496 e. The van der Waals surface area contributed by atoms with Crippen LogP contribution in [-0.2, 0) is 6.42 Å².